The van der Waals surface area contributed by atoms with E-state index in [-0.39, 0.29) is 57.4 Å². The Morgan fingerprint density at radius 3 is 2.27 bits per heavy atom. The Hall–Kier alpha value is -2.60. The van der Waals surface area contributed by atoms with E-state index in [2.05, 4.69) is 60.4 Å². The van der Waals surface area contributed by atoms with E-state index in [0.29, 0.717) is 30.1 Å². The Labute approximate surface area is 336 Å². The zero-order valence-corrected chi connectivity index (χ0v) is 36.2. The molecule has 1 aromatic rings. The highest BCUT2D eigenvalue weighted by Crippen LogP contribution is 2.77. The molecule has 4 fully saturated rings. The van der Waals surface area contributed by atoms with E-state index < -0.39 is 11.4 Å². The number of carbonyl (C=O) groups excluding carboxylic acids is 2. The fraction of sp³-hybridized carbons (Fsp3) is 0.729. The molecule has 9 atom stereocenters. The van der Waals surface area contributed by atoms with Gasteiger partial charge in [0.15, 0.2) is 5.78 Å². The molecule has 55 heavy (non-hydrogen) atoms. The van der Waals surface area contributed by atoms with Gasteiger partial charge in [0.05, 0.1) is 17.9 Å². The molecule has 3 unspecified atom stereocenters. The third-order valence-corrected chi connectivity index (χ3v) is 17.9. The van der Waals surface area contributed by atoms with Crippen LogP contribution in [0.2, 0.25) is 5.02 Å². The van der Waals surface area contributed by atoms with Crippen LogP contribution in [-0.2, 0) is 25.5 Å². The van der Waals surface area contributed by atoms with Crippen LogP contribution in [-0.4, -0.2) is 46.9 Å². The van der Waals surface area contributed by atoms with Crippen LogP contribution < -0.4 is 0 Å². The maximum absolute atomic E-state index is 13.6. The molecule has 0 amide bonds. The molecule has 6 aliphatic rings. The van der Waals surface area contributed by atoms with Crippen molar-refractivity contribution < 1.29 is 24.2 Å². The number of benzene rings is 1. The van der Waals surface area contributed by atoms with Crippen molar-refractivity contribution in [1.29, 1.82) is 0 Å². The number of carboxylic acids is 1. The standard InChI is InChI=1S/C48H68ClNO5/c1-29(2)33-17-22-48(27-32-26-36(51)35(50(32)10)25-30-11-13-31(49)14-12-30)24-23-46(8)34(41(33)48)15-16-38-45(7)20-19-39(55-40(52)28-43(3,4)42(53)54)44(5,6)37(45)18-21-47(38,46)9/h11-14,26,29,34-35,37-39H,15-25,27-28H2,1-10H3,(H,53,54)/t34?,35?,37?,38-,39+,45+,46-,47-,48-/m1/s1. The number of rotatable bonds is 9. The van der Waals surface area contributed by atoms with Crippen LogP contribution in [0.4, 0.5) is 0 Å². The molecule has 302 valence electrons. The first-order chi connectivity index (χ1) is 25.6. The van der Waals surface area contributed by atoms with Gasteiger partial charge in [-0.05, 0) is 148 Å². The van der Waals surface area contributed by atoms with Crippen LogP contribution in [0.1, 0.15) is 145 Å². The van der Waals surface area contributed by atoms with E-state index in [1.54, 1.807) is 25.0 Å². The van der Waals surface area contributed by atoms with Crippen molar-refractivity contribution in [1.82, 2.24) is 4.90 Å². The van der Waals surface area contributed by atoms with E-state index in [9.17, 15) is 19.5 Å². The quantitative estimate of drug-likeness (QED) is 0.199. The van der Waals surface area contributed by atoms with Crippen LogP contribution in [0, 0.1) is 56.2 Å². The highest BCUT2D eigenvalue weighted by Gasteiger charge is 2.69. The van der Waals surface area contributed by atoms with E-state index in [4.69, 9.17) is 16.3 Å². The second kappa shape index (κ2) is 13.8. The van der Waals surface area contributed by atoms with Crippen molar-refractivity contribution in [2.45, 2.75) is 158 Å². The molecule has 0 aromatic heterocycles. The summed E-state index contributed by atoms with van der Waals surface area (Å²) < 4.78 is 6.21. The Morgan fingerprint density at radius 2 is 1.62 bits per heavy atom. The van der Waals surface area contributed by atoms with Gasteiger partial charge in [-0.2, -0.15) is 0 Å². The Bertz CT molecular complexity index is 1790. The summed E-state index contributed by atoms with van der Waals surface area (Å²) in [5.74, 6) is 0.966. The van der Waals surface area contributed by atoms with Crippen molar-refractivity contribution in [3.05, 3.63) is 57.8 Å². The van der Waals surface area contributed by atoms with Gasteiger partial charge in [-0.3, -0.25) is 14.4 Å². The summed E-state index contributed by atoms with van der Waals surface area (Å²) in [6, 6.07) is 7.78. The van der Waals surface area contributed by atoms with Crippen molar-refractivity contribution in [3.63, 3.8) is 0 Å². The molecule has 0 bridgehead atoms. The molecule has 4 saturated carbocycles. The minimum Gasteiger partial charge on any atom is -0.481 e. The number of allylic oxidation sites excluding steroid dienone is 3. The van der Waals surface area contributed by atoms with Crippen molar-refractivity contribution in [2.75, 3.05) is 7.05 Å². The number of carboxylic acid groups (broad SMARTS) is 1. The van der Waals surface area contributed by atoms with Gasteiger partial charge in [0.2, 0.25) is 0 Å². The number of carbonyl (C=O) groups is 3. The number of ether oxygens (including phenoxy) is 1. The lowest BCUT2D eigenvalue weighted by Crippen LogP contribution is -2.65. The summed E-state index contributed by atoms with van der Waals surface area (Å²) in [5, 5.41) is 10.4. The number of halogens is 1. The van der Waals surface area contributed by atoms with Crippen LogP contribution in [0.15, 0.2) is 47.2 Å². The molecule has 6 nitrogen and oxygen atoms in total. The second-order valence-electron chi connectivity index (χ2n) is 21.4. The molecule has 1 heterocycles. The molecule has 1 N–H and O–H groups in total. The summed E-state index contributed by atoms with van der Waals surface area (Å²) >= 11 is 6.18. The van der Waals surface area contributed by atoms with Crippen LogP contribution >= 0.6 is 11.6 Å². The number of nitrogens with zero attached hydrogens (tertiary/aromatic N) is 1. The zero-order chi connectivity index (χ0) is 40.1. The van der Waals surface area contributed by atoms with Crippen molar-refractivity contribution in [3.8, 4) is 0 Å². The fourth-order valence-corrected chi connectivity index (χ4v) is 14.4. The zero-order valence-electron chi connectivity index (χ0n) is 35.4. The van der Waals surface area contributed by atoms with E-state index in [1.807, 2.05) is 30.3 Å². The van der Waals surface area contributed by atoms with Gasteiger partial charge < -0.3 is 14.7 Å². The number of hydrogen-bond donors (Lipinski definition) is 1. The average Bonchev–Trinajstić information content (AvgIpc) is 3.60. The number of aliphatic carboxylic acids is 1. The molecule has 0 saturated heterocycles. The lowest BCUT2D eigenvalue weighted by molar-refractivity contribution is -0.233. The third kappa shape index (κ3) is 6.36. The number of fused-ring (bicyclic) bond motifs is 7. The first kappa shape index (κ1) is 40.6. The van der Waals surface area contributed by atoms with Gasteiger partial charge in [0.25, 0.3) is 0 Å². The molecule has 1 aliphatic heterocycles. The highest BCUT2D eigenvalue weighted by atomic mass is 35.5. The van der Waals surface area contributed by atoms with Gasteiger partial charge in [-0.15, -0.1) is 0 Å². The molecule has 1 aromatic carbocycles. The summed E-state index contributed by atoms with van der Waals surface area (Å²) in [6.07, 6.45) is 14.8. The normalized spacial score (nSPS) is 38.3. The number of hydrogen-bond acceptors (Lipinski definition) is 5. The number of esters is 1. The monoisotopic (exact) mass is 773 g/mol. The van der Waals surface area contributed by atoms with Crippen molar-refractivity contribution >= 4 is 29.3 Å². The molecular weight excluding hydrogens is 706 g/mol. The predicted molar refractivity (Wildman–Crippen MR) is 219 cm³/mol. The smallest absolute Gasteiger partial charge is 0.309 e. The number of likely N-dealkylation sites (N-methyl/N-ethyl adjacent to an activating group) is 1. The molecule has 7 heteroatoms. The molecular formula is C48H68ClNO5. The van der Waals surface area contributed by atoms with Crippen LogP contribution in [0.5, 0.6) is 0 Å². The summed E-state index contributed by atoms with van der Waals surface area (Å²) in [4.78, 5) is 40.8. The number of ketones is 1. The van der Waals surface area contributed by atoms with E-state index >= 15 is 0 Å². The van der Waals surface area contributed by atoms with Gasteiger partial charge in [0, 0.05) is 35.7 Å². The lowest BCUT2D eigenvalue weighted by Gasteiger charge is -2.72. The van der Waals surface area contributed by atoms with Crippen LogP contribution in [0.25, 0.3) is 0 Å². The fourth-order valence-electron chi connectivity index (χ4n) is 14.2. The maximum atomic E-state index is 13.6. The maximum Gasteiger partial charge on any atom is 0.309 e. The molecule has 0 radical (unpaired) electrons. The minimum absolute atomic E-state index is 0.110. The van der Waals surface area contributed by atoms with Gasteiger partial charge in [-0.25, -0.2) is 0 Å². The first-order valence-corrected chi connectivity index (χ1v) is 21.9. The Morgan fingerprint density at radius 1 is 0.927 bits per heavy atom. The van der Waals surface area contributed by atoms with E-state index in [0.717, 1.165) is 36.3 Å². The van der Waals surface area contributed by atoms with Gasteiger partial charge in [-0.1, -0.05) is 83.3 Å². The predicted octanol–water partition coefficient (Wildman–Crippen LogP) is 11.3. The molecule has 5 aliphatic carbocycles. The SMILES string of the molecule is CC(C)C1=C2C3CC[C@@H]4[C@@]5(C)CC[C@H](OC(=O)CC(C)(C)C(=O)O)C(C)(C)C5CC[C@@]4(C)[C@]3(C)CC[C@@]2(CC2=CC(=O)C(Cc3ccc(Cl)cc3)N2C)CC1. The van der Waals surface area contributed by atoms with Crippen LogP contribution in [0.3, 0.4) is 0 Å². The Kier molecular flexibility index (Phi) is 10.2. The molecule has 0 spiro atoms. The summed E-state index contributed by atoms with van der Waals surface area (Å²) in [7, 11) is 2.14. The second-order valence-corrected chi connectivity index (χ2v) is 21.8. The van der Waals surface area contributed by atoms with Gasteiger partial charge >= 0.3 is 11.9 Å². The van der Waals surface area contributed by atoms with Gasteiger partial charge in [0.1, 0.15) is 6.10 Å². The largest absolute Gasteiger partial charge is 0.481 e. The lowest BCUT2D eigenvalue weighted by atomic mass is 9.33. The first-order valence-electron chi connectivity index (χ1n) is 21.5. The summed E-state index contributed by atoms with van der Waals surface area (Å²) in [5.41, 5.74) is 5.15. The van der Waals surface area contributed by atoms with Crippen molar-refractivity contribution in [2.24, 2.45) is 56.2 Å². The van der Waals surface area contributed by atoms with E-state index in [1.165, 1.54) is 50.6 Å². The third-order valence-electron chi connectivity index (χ3n) is 17.6. The highest BCUT2D eigenvalue weighted by molar-refractivity contribution is 6.30. The Balaban J connectivity index is 1.13. The molecule has 7 rings (SSSR count). The topological polar surface area (TPSA) is 83.9 Å². The summed E-state index contributed by atoms with van der Waals surface area (Å²) in [6.45, 7) is 20.6. The minimum atomic E-state index is -1.14. The average molecular weight is 775 g/mol.